The minimum Gasteiger partial charge on any atom is -0.413 e. The molecule has 4 aromatic rings. The average Bonchev–Trinajstić information content (AvgIpc) is 2.85. The minimum atomic E-state index is -3.48. The summed E-state index contributed by atoms with van der Waals surface area (Å²) in [5.41, 5.74) is 0. The van der Waals surface area contributed by atoms with Crippen LogP contribution >= 0.6 is 33.1 Å². The highest BCUT2D eigenvalue weighted by atomic mass is 35.7. The predicted octanol–water partition coefficient (Wildman–Crippen LogP) is 10.1. The molecule has 36 heavy (non-hydrogen) atoms. The van der Waals surface area contributed by atoms with Crippen LogP contribution in [0.15, 0.2) is 135 Å². The normalized spacial score (nSPS) is 19.5. The van der Waals surface area contributed by atoms with Crippen LogP contribution in [-0.4, -0.2) is 6.66 Å². The Balaban J connectivity index is 1.72. The second kappa shape index (κ2) is 10.6. The maximum absolute atomic E-state index is 6.96. The van der Waals surface area contributed by atoms with E-state index in [1.54, 1.807) is 6.66 Å². The molecular formula is C25H23ClN3O4P3. The summed E-state index contributed by atoms with van der Waals surface area (Å²) in [6, 6.07) is 37.0. The third-order valence-corrected chi connectivity index (χ3v) is 13.9. The Morgan fingerprint density at radius 2 is 0.722 bits per heavy atom. The first-order chi connectivity index (χ1) is 17.4. The van der Waals surface area contributed by atoms with Gasteiger partial charge in [-0.3, -0.25) is 0 Å². The highest BCUT2D eigenvalue weighted by molar-refractivity contribution is 7.96. The van der Waals surface area contributed by atoms with Crippen LogP contribution in [0.25, 0.3) is 0 Å². The van der Waals surface area contributed by atoms with E-state index in [0.717, 1.165) is 0 Å². The molecule has 1 aliphatic heterocycles. The molecule has 1 unspecified atom stereocenters. The Morgan fingerprint density at radius 3 is 1.03 bits per heavy atom. The summed E-state index contributed by atoms with van der Waals surface area (Å²) in [6.45, 7) is -1.15. The lowest BCUT2D eigenvalue weighted by Crippen LogP contribution is -2.06. The van der Waals surface area contributed by atoms with Crippen molar-refractivity contribution >= 4 is 33.1 Å². The first-order valence-electron chi connectivity index (χ1n) is 11.0. The first kappa shape index (κ1) is 24.7. The van der Waals surface area contributed by atoms with Crippen molar-refractivity contribution in [1.82, 2.24) is 0 Å². The molecule has 0 saturated heterocycles. The molecule has 184 valence electrons. The maximum atomic E-state index is 6.96. The van der Waals surface area contributed by atoms with Gasteiger partial charge in [0.15, 0.2) is 6.56 Å². The lowest BCUT2D eigenvalue weighted by Gasteiger charge is -2.31. The fourth-order valence-corrected chi connectivity index (χ4v) is 13.5. The van der Waals surface area contributed by atoms with Gasteiger partial charge in [-0.25, -0.2) is 0 Å². The van der Waals surface area contributed by atoms with Gasteiger partial charge in [0.05, 0.1) is 0 Å². The molecule has 1 atom stereocenters. The van der Waals surface area contributed by atoms with Crippen molar-refractivity contribution in [1.29, 1.82) is 0 Å². The molecule has 0 aliphatic carbocycles. The summed E-state index contributed by atoms with van der Waals surface area (Å²) in [6.07, 6.45) is 0. The molecule has 0 aromatic heterocycles. The fourth-order valence-electron chi connectivity index (χ4n) is 3.27. The first-order valence-corrected chi connectivity index (χ1v) is 17.1. The van der Waals surface area contributed by atoms with Crippen LogP contribution in [-0.2, 0) is 0 Å². The number of halogens is 1. The van der Waals surface area contributed by atoms with Crippen molar-refractivity contribution in [3.8, 4) is 23.0 Å². The van der Waals surface area contributed by atoms with Crippen LogP contribution in [0.1, 0.15) is 0 Å². The zero-order chi connectivity index (χ0) is 24.9. The van der Waals surface area contributed by atoms with E-state index in [2.05, 4.69) is 0 Å². The van der Waals surface area contributed by atoms with E-state index in [1.807, 2.05) is 121 Å². The molecule has 4 aromatic carbocycles. The third-order valence-electron chi connectivity index (χ3n) is 4.65. The van der Waals surface area contributed by atoms with Gasteiger partial charge in [-0.15, -0.1) is 0 Å². The van der Waals surface area contributed by atoms with Crippen molar-refractivity contribution in [3.63, 3.8) is 0 Å². The molecule has 0 saturated carbocycles. The molecular weight excluding hydrogens is 535 g/mol. The molecule has 0 fully saturated rings. The SMILES string of the molecule is CP1(Cl)=NP(Oc2ccccc2)(Oc2ccccc2)=NP(Oc2ccccc2)(Oc2ccccc2)=N1. The highest BCUT2D eigenvalue weighted by Crippen LogP contribution is 2.79. The molecule has 7 nitrogen and oxygen atoms in total. The fraction of sp³-hybridized carbons (Fsp3) is 0.0400. The van der Waals surface area contributed by atoms with E-state index in [-0.39, 0.29) is 0 Å². The molecule has 0 N–H and O–H groups in total. The van der Waals surface area contributed by atoms with Crippen LogP contribution < -0.4 is 18.1 Å². The van der Waals surface area contributed by atoms with Gasteiger partial charge < -0.3 is 18.1 Å². The highest BCUT2D eigenvalue weighted by Gasteiger charge is 2.43. The number of para-hydroxylation sites is 4. The van der Waals surface area contributed by atoms with E-state index in [0.29, 0.717) is 23.0 Å². The van der Waals surface area contributed by atoms with Crippen molar-refractivity contribution in [2.45, 2.75) is 0 Å². The summed E-state index contributed by atoms with van der Waals surface area (Å²) in [5, 5.41) is 0. The van der Waals surface area contributed by atoms with Crippen molar-refractivity contribution in [2.75, 3.05) is 6.66 Å². The molecule has 0 bridgehead atoms. The molecule has 11 heteroatoms. The molecule has 1 heterocycles. The van der Waals surface area contributed by atoms with E-state index < -0.39 is 21.9 Å². The number of benzene rings is 4. The van der Waals surface area contributed by atoms with E-state index in [1.165, 1.54) is 0 Å². The minimum absolute atomic E-state index is 0.533. The number of rotatable bonds is 8. The predicted molar refractivity (Wildman–Crippen MR) is 148 cm³/mol. The number of hydrogen-bond acceptors (Lipinski definition) is 7. The van der Waals surface area contributed by atoms with Gasteiger partial charge in [0.2, 0.25) is 0 Å². The van der Waals surface area contributed by atoms with Gasteiger partial charge in [-0.05, 0) is 48.5 Å². The molecule has 0 amide bonds. The van der Waals surface area contributed by atoms with E-state index >= 15 is 0 Å². The average molecular weight is 558 g/mol. The van der Waals surface area contributed by atoms with Crippen molar-refractivity contribution in [2.24, 2.45) is 13.5 Å². The van der Waals surface area contributed by atoms with Crippen LogP contribution in [0, 0.1) is 0 Å². The van der Waals surface area contributed by atoms with Gasteiger partial charge in [-0.1, -0.05) is 88.6 Å². The van der Waals surface area contributed by atoms with Crippen molar-refractivity contribution in [3.05, 3.63) is 121 Å². The van der Waals surface area contributed by atoms with Gasteiger partial charge in [0.1, 0.15) is 23.0 Å². The summed E-state index contributed by atoms with van der Waals surface area (Å²) in [4.78, 5) is 0. The van der Waals surface area contributed by atoms with Gasteiger partial charge >= 0.3 is 15.3 Å². The van der Waals surface area contributed by atoms with Gasteiger partial charge in [0, 0.05) is 6.66 Å². The Bertz CT molecular complexity index is 1310. The lowest BCUT2D eigenvalue weighted by molar-refractivity contribution is 0.460. The van der Waals surface area contributed by atoms with Gasteiger partial charge in [-0.2, -0.15) is 9.03 Å². The Hall–Kier alpha value is -2.94. The number of hydrogen-bond donors (Lipinski definition) is 0. The van der Waals surface area contributed by atoms with Crippen LogP contribution in [0.3, 0.4) is 0 Å². The number of nitrogens with zero attached hydrogens (tertiary/aromatic N) is 3. The lowest BCUT2D eigenvalue weighted by atomic mass is 10.3. The largest absolute Gasteiger partial charge is 0.456 e. The van der Waals surface area contributed by atoms with Crippen LogP contribution in [0.5, 0.6) is 23.0 Å². The molecule has 5 rings (SSSR count). The van der Waals surface area contributed by atoms with Crippen LogP contribution in [0.2, 0.25) is 0 Å². The third kappa shape index (κ3) is 6.24. The van der Waals surface area contributed by atoms with Gasteiger partial charge in [0.25, 0.3) is 0 Å². The molecule has 0 radical (unpaired) electrons. The second-order valence-corrected chi connectivity index (χ2v) is 16.1. The Morgan fingerprint density at radius 1 is 0.444 bits per heavy atom. The summed E-state index contributed by atoms with van der Waals surface area (Å²) in [7, 11) is -6.96. The van der Waals surface area contributed by atoms with E-state index in [4.69, 9.17) is 42.9 Å². The summed E-state index contributed by atoms with van der Waals surface area (Å²) >= 11 is 6.96. The monoisotopic (exact) mass is 557 g/mol. The second-order valence-electron chi connectivity index (χ2n) is 7.68. The molecule has 0 spiro atoms. The molecule has 1 aliphatic rings. The summed E-state index contributed by atoms with van der Waals surface area (Å²) in [5.74, 6) is 2.13. The smallest absolute Gasteiger partial charge is 0.413 e. The zero-order valence-electron chi connectivity index (χ0n) is 19.2. The van der Waals surface area contributed by atoms with E-state index in [9.17, 15) is 0 Å². The maximum Gasteiger partial charge on any atom is 0.456 e. The topological polar surface area (TPSA) is 74.0 Å². The quantitative estimate of drug-likeness (QED) is 0.202. The Labute approximate surface area is 215 Å². The van der Waals surface area contributed by atoms with Crippen molar-refractivity contribution < 1.29 is 18.1 Å². The zero-order valence-corrected chi connectivity index (χ0v) is 22.7. The Kier molecular flexibility index (Phi) is 7.27. The van der Waals surface area contributed by atoms with Crippen LogP contribution in [0.4, 0.5) is 0 Å². The summed E-state index contributed by atoms with van der Waals surface area (Å²) < 4.78 is 40.2. The standard InChI is InChI=1S/C25H23ClN3O4P3/c1-34(26)27-35(30-22-14-6-2-7-15-22,31-23-16-8-3-9-17-23)29-36(28-34,32-24-18-10-4-11-19-24)33-25-20-12-5-13-21-25/h2-21H,1H3.